The summed E-state index contributed by atoms with van der Waals surface area (Å²) < 4.78 is 0. The van der Waals surface area contributed by atoms with E-state index >= 15 is 0 Å². The third-order valence-electron chi connectivity index (χ3n) is 0.999. The maximum absolute atomic E-state index is 8.68. The number of hydrogen-bond donors (Lipinski definition) is 1. The molecule has 0 spiro atoms. The zero-order valence-electron chi connectivity index (χ0n) is 5.65. The summed E-state index contributed by atoms with van der Waals surface area (Å²) in [5.41, 5.74) is 0. The molecule has 0 aromatic heterocycles. The van der Waals surface area contributed by atoms with Gasteiger partial charge in [0, 0.05) is 0 Å². The van der Waals surface area contributed by atoms with E-state index in [-0.39, 0.29) is 0 Å². The second-order valence-electron chi connectivity index (χ2n) is 1.97. The van der Waals surface area contributed by atoms with Gasteiger partial charge in [0.2, 0.25) is 0 Å². The van der Waals surface area contributed by atoms with E-state index in [2.05, 4.69) is 13.3 Å². The standard InChI is InChI=1S/C7H14O/c1-3-4-5-6-7(2)8/h4,8H,3,5-6H2,1-2H3. The average molecular weight is 114 g/mol. The van der Waals surface area contributed by atoms with Gasteiger partial charge in [-0.25, -0.2) is 0 Å². The van der Waals surface area contributed by atoms with Gasteiger partial charge >= 0.3 is 0 Å². The van der Waals surface area contributed by atoms with Crippen LogP contribution >= 0.6 is 0 Å². The number of aliphatic hydroxyl groups excluding tert-OH is 1. The third kappa shape index (κ3) is 5.96. The van der Waals surface area contributed by atoms with E-state index in [0.717, 1.165) is 19.3 Å². The van der Waals surface area contributed by atoms with E-state index in [4.69, 9.17) is 5.11 Å². The second kappa shape index (κ2) is 5.10. The molecule has 1 nitrogen and oxygen atoms in total. The molecule has 0 unspecified atom stereocenters. The molecule has 0 fully saturated rings. The van der Waals surface area contributed by atoms with Crippen molar-refractivity contribution in [3.63, 3.8) is 0 Å². The van der Waals surface area contributed by atoms with Crippen molar-refractivity contribution in [3.05, 3.63) is 12.5 Å². The number of hydrogen-bond acceptors (Lipinski definition) is 1. The van der Waals surface area contributed by atoms with Crippen molar-refractivity contribution >= 4 is 0 Å². The third-order valence-corrected chi connectivity index (χ3v) is 0.999. The van der Waals surface area contributed by atoms with Gasteiger partial charge in [-0.3, -0.25) is 0 Å². The summed E-state index contributed by atoms with van der Waals surface area (Å²) >= 11 is 0. The highest BCUT2D eigenvalue weighted by Gasteiger charge is 1.93. The van der Waals surface area contributed by atoms with Crippen LogP contribution in [-0.4, -0.2) is 5.11 Å². The molecule has 0 saturated carbocycles. The molecule has 0 aromatic carbocycles. The van der Waals surface area contributed by atoms with E-state index in [1.807, 2.05) is 0 Å². The van der Waals surface area contributed by atoms with Crippen LogP contribution in [0.2, 0.25) is 0 Å². The van der Waals surface area contributed by atoms with Crippen molar-refractivity contribution < 1.29 is 5.11 Å². The van der Waals surface area contributed by atoms with Crippen LogP contribution in [0.5, 0.6) is 0 Å². The summed E-state index contributed by atoms with van der Waals surface area (Å²) in [5, 5.41) is 8.68. The van der Waals surface area contributed by atoms with Crippen molar-refractivity contribution in [2.75, 3.05) is 0 Å². The average Bonchev–Trinajstić information content (AvgIpc) is 1.66. The van der Waals surface area contributed by atoms with Crippen molar-refractivity contribution in [1.29, 1.82) is 0 Å². The zero-order chi connectivity index (χ0) is 6.41. The van der Waals surface area contributed by atoms with E-state index in [1.165, 1.54) is 0 Å². The van der Waals surface area contributed by atoms with Crippen LogP contribution in [0.3, 0.4) is 0 Å². The fourth-order valence-electron chi connectivity index (χ4n) is 0.515. The molecule has 0 aliphatic carbocycles. The molecule has 0 amide bonds. The van der Waals surface area contributed by atoms with Gasteiger partial charge in [-0.15, -0.1) is 0 Å². The largest absolute Gasteiger partial charge is 0.387 e. The van der Waals surface area contributed by atoms with Crippen LogP contribution in [0, 0.1) is 12.5 Å². The quantitative estimate of drug-likeness (QED) is 0.556. The molecule has 48 valence electrons. The Morgan fingerprint density at radius 3 is 2.62 bits per heavy atom. The number of rotatable bonds is 4. The molecule has 8 heavy (non-hydrogen) atoms. The van der Waals surface area contributed by atoms with Gasteiger partial charge in [-0.05, 0) is 26.2 Å². The highest BCUT2D eigenvalue weighted by Crippen LogP contribution is 2.05. The molecule has 0 aliphatic heterocycles. The van der Waals surface area contributed by atoms with Crippen molar-refractivity contribution in [2.45, 2.75) is 33.1 Å². The molecule has 0 heterocycles. The Labute approximate surface area is 51.7 Å². The highest BCUT2D eigenvalue weighted by atomic mass is 16.3. The first kappa shape index (κ1) is 7.96. The molecule has 1 heteroatoms. The lowest BCUT2D eigenvalue weighted by atomic mass is 10.1. The summed E-state index contributed by atoms with van der Waals surface area (Å²) in [5.74, 6) is 0. The fraction of sp³-hybridized carbons (Fsp3) is 0.714. The van der Waals surface area contributed by atoms with Crippen molar-refractivity contribution in [3.8, 4) is 0 Å². The molecule has 0 aromatic rings. The Morgan fingerprint density at radius 2 is 2.25 bits per heavy atom. The molecule has 0 atom stereocenters. The lowest BCUT2D eigenvalue weighted by Crippen LogP contribution is -1.87. The van der Waals surface area contributed by atoms with Gasteiger partial charge in [0.15, 0.2) is 0 Å². The number of aliphatic hydroxyl groups is 1. The van der Waals surface area contributed by atoms with E-state index in [0.29, 0.717) is 6.10 Å². The van der Waals surface area contributed by atoms with E-state index in [9.17, 15) is 0 Å². The monoisotopic (exact) mass is 114 g/mol. The first-order valence-electron chi connectivity index (χ1n) is 3.10. The number of unbranched alkanes of at least 4 members (excludes halogenated alkanes) is 2. The Bertz CT molecular complexity index is 41.7. The first-order chi connectivity index (χ1) is 3.77. The van der Waals surface area contributed by atoms with Crippen LogP contribution in [-0.2, 0) is 0 Å². The predicted molar refractivity (Wildman–Crippen MR) is 34.7 cm³/mol. The first-order valence-corrected chi connectivity index (χ1v) is 3.10. The van der Waals surface area contributed by atoms with Crippen molar-refractivity contribution in [1.82, 2.24) is 0 Å². The van der Waals surface area contributed by atoms with Gasteiger partial charge in [0.1, 0.15) is 0 Å². The van der Waals surface area contributed by atoms with Crippen molar-refractivity contribution in [2.24, 2.45) is 0 Å². The van der Waals surface area contributed by atoms with Crippen LogP contribution in [0.25, 0.3) is 0 Å². The maximum Gasteiger partial charge on any atom is 0.0902 e. The molecular weight excluding hydrogens is 100 g/mol. The molecule has 1 N–H and O–H groups in total. The molecule has 0 bridgehead atoms. The Balaban J connectivity index is 2.72. The van der Waals surface area contributed by atoms with Crippen LogP contribution in [0.15, 0.2) is 0 Å². The SMILES string of the molecule is CC[CH]CC[C](C)O. The van der Waals surface area contributed by atoms with E-state index in [1.54, 1.807) is 6.92 Å². The molecule has 0 aliphatic rings. The second-order valence-corrected chi connectivity index (χ2v) is 1.97. The molecule has 2 radical (unpaired) electrons. The van der Waals surface area contributed by atoms with Gasteiger partial charge in [-0.2, -0.15) is 0 Å². The lowest BCUT2D eigenvalue weighted by Gasteiger charge is -1.98. The topological polar surface area (TPSA) is 20.2 Å². The summed E-state index contributed by atoms with van der Waals surface area (Å²) in [6, 6.07) is 0. The van der Waals surface area contributed by atoms with Gasteiger partial charge < -0.3 is 5.11 Å². The van der Waals surface area contributed by atoms with Gasteiger partial charge in [-0.1, -0.05) is 13.3 Å². The van der Waals surface area contributed by atoms with Crippen LogP contribution < -0.4 is 0 Å². The zero-order valence-corrected chi connectivity index (χ0v) is 5.65. The summed E-state index contributed by atoms with van der Waals surface area (Å²) in [6.45, 7) is 3.84. The maximum atomic E-state index is 8.68. The normalized spacial score (nSPS) is 10.5. The Hall–Kier alpha value is -0.0400. The minimum Gasteiger partial charge on any atom is -0.387 e. The molecular formula is C7H14O. The Kier molecular flexibility index (Phi) is 5.08. The van der Waals surface area contributed by atoms with Crippen LogP contribution in [0.4, 0.5) is 0 Å². The summed E-state index contributed by atoms with van der Waals surface area (Å²) in [4.78, 5) is 0. The molecule has 0 rings (SSSR count). The summed E-state index contributed by atoms with van der Waals surface area (Å²) in [6.07, 6.45) is 5.65. The fourth-order valence-corrected chi connectivity index (χ4v) is 0.515. The van der Waals surface area contributed by atoms with E-state index < -0.39 is 0 Å². The smallest absolute Gasteiger partial charge is 0.0902 e. The van der Waals surface area contributed by atoms with Gasteiger partial charge in [0.05, 0.1) is 6.10 Å². The van der Waals surface area contributed by atoms with Gasteiger partial charge in [0.25, 0.3) is 0 Å². The summed E-state index contributed by atoms with van der Waals surface area (Å²) in [7, 11) is 0. The Morgan fingerprint density at radius 1 is 1.62 bits per heavy atom. The minimum absolute atomic E-state index is 0.537. The molecule has 0 saturated heterocycles. The highest BCUT2D eigenvalue weighted by molar-refractivity contribution is 4.72. The van der Waals surface area contributed by atoms with Crippen LogP contribution in [0.1, 0.15) is 33.1 Å². The lowest BCUT2D eigenvalue weighted by molar-refractivity contribution is 0.295. The predicted octanol–water partition coefficient (Wildman–Crippen LogP) is 2.31. The minimum atomic E-state index is 0.537.